The summed E-state index contributed by atoms with van der Waals surface area (Å²) in [5.41, 5.74) is 3.71. The summed E-state index contributed by atoms with van der Waals surface area (Å²) in [5, 5.41) is 0. The van der Waals surface area contributed by atoms with E-state index in [1.54, 1.807) is 18.9 Å². The SMILES string of the molecule is COc1cccc(N2CCN(C(=O)CSCc3cccc(C)c3)CC2)c1. The predicted octanol–water partition coefficient (Wildman–Crippen LogP) is 3.59. The Morgan fingerprint density at radius 1 is 1.08 bits per heavy atom. The van der Waals surface area contributed by atoms with Gasteiger partial charge in [0.05, 0.1) is 12.9 Å². The van der Waals surface area contributed by atoms with Crippen LogP contribution in [0.25, 0.3) is 0 Å². The molecule has 0 spiro atoms. The van der Waals surface area contributed by atoms with Gasteiger partial charge in [0.25, 0.3) is 0 Å². The molecule has 1 saturated heterocycles. The van der Waals surface area contributed by atoms with Crippen LogP contribution < -0.4 is 9.64 Å². The standard InChI is InChI=1S/C21H26N2O2S/c1-17-5-3-6-18(13-17)15-26-16-21(24)23-11-9-22(10-12-23)19-7-4-8-20(14-19)25-2/h3-8,13-14H,9-12,15-16H2,1-2H3. The first-order chi connectivity index (χ1) is 12.7. The van der Waals surface area contributed by atoms with Crippen LogP contribution in [0.3, 0.4) is 0 Å². The summed E-state index contributed by atoms with van der Waals surface area (Å²) >= 11 is 1.70. The van der Waals surface area contributed by atoms with Crippen molar-refractivity contribution in [2.45, 2.75) is 12.7 Å². The molecule has 2 aromatic rings. The molecular weight excluding hydrogens is 344 g/mol. The van der Waals surface area contributed by atoms with E-state index in [2.05, 4.69) is 48.2 Å². The molecule has 0 saturated carbocycles. The summed E-state index contributed by atoms with van der Waals surface area (Å²) in [6, 6.07) is 16.6. The highest BCUT2D eigenvalue weighted by Crippen LogP contribution is 2.22. The minimum atomic E-state index is 0.243. The van der Waals surface area contributed by atoms with E-state index in [4.69, 9.17) is 4.74 Å². The summed E-state index contributed by atoms with van der Waals surface area (Å²) in [6.07, 6.45) is 0. The van der Waals surface area contributed by atoms with Crippen molar-refractivity contribution in [1.29, 1.82) is 0 Å². The third-order valence-corrected chi connectivity index (χ3v) is 5.62. The molecule has 1 aliphatic heterocycles. The molecule has 138 valence electrons. The maximum Gasteiger partial charge on any atom is 0.232 e. The van der Waals surface area contributed by atoms with Crippen molar-refractivity contribution in [2.24, 2.45) is 0 Å². The largest absolute Gasteiger partial charge is 0.497 e. The minimum absolute atomic E-state index is 0.243. The normalized spacial score (nSPS) is 14.4. The zero-order chi connectivity index (χ0) is 18.4. The van der Waals surface area contributed by atoms with Crippen molar-refractivity contribution in [3.63, 3.8) is 0 Å². The summed E-state index contributed by atoms with van der Waals surface area (Å²) in [7, 11) is 1.68. The van der Waals surface area contributed by atoms with Crippen molar-refractivity contribution in [2.75, 3.05) is 43.9 Å². The van der Waals surface area contributed by atoms with Crippen LogP contribution in [0.5, 0.6) is 5.75 Å². The molecule has 4 nitrogen and oxygen atoms in total. The number of piperazine rings is 1. The number of aryl methyl sites for hydroxylation is 1. The van der Waals surface area contributed by atoms with Gasteiger partial charge in [-0.25, -0.2) is 0 Å². The second kappa shape index (κ2) is 8.99. The van der Waals surface area contributed by atoms with Gasteiger partial charge in [-0.15, -0.1) is 11.8 Å². The summed E-state index contributed by atoms with van der Waals surface area (Å²) in [5.74, 6) is 2.55. The first kappa shape index (κ1) is 18.6. The lowest BCUT2D eigenvalue weighted by atomic mass is 10.2. The van der Waals surface area contributed by atoms with Gasteiger partial charge in [0.15, 0.2) is 0 Å². The van der Waals surface area contributed by atoms with Crippen LogP contribution in [0.15, 0.2) is 48.5 Å². The topological polar surface area (TPSA) is 32.8 Å². The number of ether oxygens (including phenoxy) is 1. The second-order valence-electron chi connectivity index (χ2n) is 6.55. The van der Waals surface area contributed by atoms with Gasteiger partial charge >= 0.3 is 0 Å². The molecular formula is C21H26N2O2S. The van der Waals surface area contributed by atoms with E-state index in [0.717, 1.165) is 43.4 Å². The molecule has 1 aliphatic rings. The molecule has 1 fully saturated rings. The molecule has 1 amide bonds. The summed E-state index contributed by atoms with van der Waals surface area (Å²) in [4.78, 5) is 16.8. The van der Waals surface area contributed by atoms with Crippen molar-refractivity contribution >= 4 is 23.4 Å². The van der Waals surface area contributed by atoms with Crippen LogP contribution >= 0.6 is 11.8 Å². The summed E-state index contributed by atoms with van der Waals surface area (Å²) < 4.78 is 5.30. The van der Waals surface area contributed by atoms with Crippen molar-refractivity contribution in [3.8, 4) is 5.75 Å². The molecule has 0 N–H and O–H groups in total. The monoisotopic (exact) mass is 370 g/mol. The Morgan fingerprint density at radius 3 is 2.58 bits per heavy atom. The number of nitrogens with zero attached hydrogens (tertiary/aromatic N) is 2. The smallest absolute Gasteiger partial charge is 0.232 e. The molecule has 1 heterocycles. The van der Waals surface area contributed by atoms with E-state index in [0.29, 0.717) is 5.75 Å². The minimum Gasteiger partial charge on any atom is -0.497 e. The van der Waals surface area contributed by atoms with Gasteiger partial charge in [0.2, 0.25) is 5.91 Å². The van der Waals surface area contributed by atoms with E-state index in [-0.39, 0.29) is 5.91 Å². The Morgan fingerprint density at radius 2 is 1.85 bits per heavy atom. The predicted molar refractivity (Wildman–Crippen MR) is 109 cm³/mol. The lowest BCUT2D eigenvalue weighted by molar-refractivity contribution is -0.128. The third kappa shape index (κ3) is 4.94. The average Bonchev–Trinajstić information content (AvgIpc) is 2.68. The molecule has 0 atom stereocenters. The molecule has 0 radical (unpaired) electrons. The van der Waals surface area contributed by atoms with Crippen LogP contribution in [-0.2, 0) is 10.5 Å². The van der Waals surface area contributed by atoms with Crippen LogP contribution in [0, 0.1) is 6.92 Å². The van der Waals surface area contributed by atoms with Crippen LogP contribution in [-0.4, -0.2) is 49.8 Å². The third-order valence-electron chi connectivity index (χ3n) is 4.63. The van der Waals surface area contributed by atoms with Gasteiger partial charge in [-0.05, 0) is 24.6 Å². The highest BCUT2D eigenvalue weighted by atomic mass is 32.2. The van der Waals surface area contributed by atoms with Crippen molar-refractivity contribution < 1.29 is 9.53 Å². The molecule has 2 aromatic carbocycles. The number of amides is 1. The van der Waals surface area contributed by atoms with Gasteiger partial charge in [-0.3, -0.25) is 4.79 Å². The number of methoxy groups -OCH3 is 1. The molecule has 0 aliphatic carbocycles. The van der Waals surface area contributed by atoms with Gasteiger partial charge < -0.3 is 14.5 Å². The Labute approximate surface area is 160 Å². The number of thioether (sulfide) groups is 1. The Bertz CT molecular complexity index is 742. The first-order valence-corrected chi connectivity index (χ1v) is 10.1. The number of carbonyl (C=O) groups is 1. The average molecular weight is 371 g/mol. The lowest BCUT2D eigenvalue weighted by Crippen LogP contribution is -2.49. The fourth-order valence-electron chi connectivity index (χ4n) is 3.17. The lowest BCUT2D eigenvalue weighted by Gasteiger charge is -2.36. The molecule has 3 rings (SSSR count). The van der Waals surface area contributed by atoms with Crippen LogP contribution in [0.1, 0.15) is 11.1 Å². The maximum atomic E-state index is 12.5. The molecule has 0 bridgehead atoms. The van der Waals surface area contributed by atoms with Crippen molar-refractivity contribution in [3.05, 3.63) is 59.7 Å². The van der Waals surface area contributed by atoms with E-state index in [9.17, 15) is 4.79 Å². The van der Waals surface area contributed by atoms with Gasteiger partial charge in [-0.2, -0.15) is 0 Å². The number of hydrogen-bond donors (Lipinski definition) is 0. The van der Waals surface area contributed by atoms with Gasteiger partial charge in [0.1, 0.15) is 5.75 Å². The van der Waals surface area contributed by atoms with Crippen molar-refractivity contribution in [1.82, 2.24) is 4.90 Å². The van der Waals surface area contributed by atoms with E-state index in [1.807, 2.05) is 17.0 Å². The Balaban J connectivity index is 1.44. The maximum absolute atomic E-state index is 12.5. The van der Waals surface area contributed by atoms with Crippen LogP contribution in [0.4, 0.5) is 5.69 Å². The molecule has 0 aromatic heterocycles. The van der Waals surface area contributed by atoms with Gasteiger partial charge in [0, 0.05) is 43.7 Å². The molecule has 26 heavy (non-hydrogen) atoms. The van der Waals surface area contributed by atoms with Crippen LogP contribution in [0.2, 0.25) is 0 Å². The number of hydrogen-bond acceptors (Lipinski definition) is 4. The number of benzene rings is 2. The quantitative estimate of drug-likeness (QED) is 0.778. The Kier molecular flexibility index (Phi) is 6.45. The number of carbonyl (C=O) groups excluding carboxylic acids is 1. The molecule has 5 heteroatoms. The fourth-order valence-corrected chi connectivity index (χ4v) is 4.05. The Hall–Kier alpha value is -2.14. The van der Waals surface area contributed by atoms with E-state index in [1.165, 1.54) is 11.1 Å². The highest BCUT2D eigenvalue weighted by molar-refractivity contribution is 7.99. The fraction of sp³-hybridized carbons (Fsp3) is 0.381. The first-order valence-electron chi connectivity index (χ1n) is 8.96. The molecule has 0 unspecified atom stereocenters. The van der Waals surface area contributed by atoms with E-state index >= 15 is 0 Å². The highest BCUT2D eigenvalue weighted by Gasteiger charge is 2.21. The van der Waals surface area contributed by atoms with Gasteiger partial charge in [-0.1, -0.05) is 35.9 Å². The number of rotatable bonds is 6. The second-order valence-corrected chi connectivity index (χ2v) is 7.54. The summed E-state index contributed by atoms with van der Waals surface area (Å²) in [6.45, 7) is 5.38. The zero-order valence-electron chi connectivity index (χ0n) is 15.5. The zero-order valence-corrected chi connectivity index (χ0v) is 16.3. The van der Waals surface area contributed by atoms with E-state index < -0.39 is 0 Å². The number of anilines is 1.